The molecule has 2 aliphatic carbocycles. The highest BCUT2D eigenvalue weighted by molar-refractivity contribution is 14.1. The van der Waals surface area contributed by atoms with E-state index in [0.29, 0.717) is 105 Å². The Morgan fingerprint density at radius 3 is 1.19 bits per heavy atom. The van der Waals surface area contributed by atoms with E-state index in [1.807, 2.05) is 101 Å². The number of ether oxygens (including phenoxy) is 6. The molecule has 3 aliphatic heterocycles. The second kappa shape index (κ2) is 32.0. The zero-order valence-electron chi connectivity index (χ0n) is 61.1. The SMILES string of the molecule is N#Cc1cc(-c2ccnc3[nH]c(-c4ccc(C5(C#N)CC5)cc4)cc23)ccc1OC1CCOCC1.N#Cc1cc(-c2ccnc3c2cc(-c2ccc(C4(C#N)CC4)cc2)n3S(=O)(=O)c2ccccc2)ccc1OC1CCOCC1.N#Cc1cc(-c2ccnc3c2cc(I)n3S(=O)(=O)c2ccccc2)ccc1OC1CCOCC1. The number of hydrogen-bond acceptors (Lipinski definition) is 18. The van der Waals surface area contributed by atoms with Crippen LogP contribution in [0.1, 0.15) is 92.0 Å². The average molecular weight is 1650 g/mol. The number of rotatable bonds is 17. The molecule has 1 N–H and O–H groups in total. The van der Waals surface area contributed by atoms with Gasteiger partial charge < -0.3 is 33.4 Å². The highest BCUT2D eigenvalue weighted by atomic mass is 127. The Balaban J connectivity index is 0.000000129. The number of benzene rings is 7. The van der Waals surface area contributed by atoms with Crippen LogP contribution in [0, 0.1) is 60.4 Å². The molecule has 0 radical (unpaired) electrons. The lowest BCUT2D eigenvalue weighted by Crippen LogP contribution is -2.26. The monoisotopic (exact) mass is 1650 g/mol. The van der Waals surface area contributed by atoms with Crippen LogP contribution in [0.5, 0.6) is 17.2 Å². The van der Waals surface area contributed by atoms with Crippen molar-refractivity contribution in [1.82, 2.24) is 27.9 Å². The van der Waals surface area contributed by atoms with Crippen LogP contribution in [0.2, 0.25) is 0 Å². The van der Waals surface area contributed by atoms with Gasteiger partial charge >= 0.3 is 0 Å². The molecular weight excluding hydrogens is 1570 g/mol. The smallest absolute Gasteiger partial charge is 0.270 e. The Bertz CT molecular complexity index is 6250. The van der Waals surface area contributed by atoms with Gasteiger partial charge in [0, 0.05) is 79.0 Å². The summed E-state index contributed by atoms with van der Waals surface area (Å²) in [6.07, 6.45) is 13.4. The predicted molar refractivity (Wildman–Crippen MR) is 434 cm³/mol. The van der Waals surface area contributed by atoms with Crippen LogP contribution in [0.3, 0.4) is 0 Å². The Kier molecular flexibility index (Phi) is 21.2. The summed E-state index contributed by atoms with van der Waals surface area (Å²) in [6.45, 7) is 3.95. The van der Waals surface area contributed by atoms with E-state index < -0.39 is 25.5 Å². The van der Waals surface area contributed by atoms with Gasteiger partial charge in [-0.2, -0.15) is 26.3 Å². The topological polar surface area (TPSA) is 307 Å². The van der Waals surface area contributed by atoms with Crippen LogP contribution < -0.4 is 14.2 Å². The highest BCUT2D eigenvalue weighted by Crippen LogP contribution is 2.50. The normalized spacial score (nSPS) is 16.0. The zero-order chi connectivity index (χ0) is 77.9. The van der Waals surface area contributed by atoms with Crippen LogP contribution in [0.15, 0.2) is 229 Å². The number of aromatic nitrogens is 6. The third-order valence-electron chi connectivity index (χ3n) is 21.4. The molecule has 0 atom stereocenters. The minimum atomic E-state index is -4.05. The molecule has 0 unspecified atom stereocenters. The van der Waals surface area contributed by atoms with Crippen molar-refractivity contribution in [3.63, 3.8) is 0 Å². The van der Waals surface area contributed by atoms with Crippen molar-refractivity contribution in [2.45, 2.75) is 103 Å². The third kappa shape index (κ3) is 15.2. The van der Waals surface area contributed by atoms with Gasteiger partial charge in [0.15, 0.2) is 11.3 Å². The Labute approximate surface area is 667 Å². The van der Waals surface area contributed by atoms with Crippen molar-refractivity contribution in [1.29, 1.82) is 26.3 Å². The number of aromatic amines is 1. The maximum absolute atomic E-state index is 14.2. The third-order valence-corrected chi connectivity index (χ3v) is 26.0. The van der Waals surface area contributed by atoms with E-state index in [0.717, 1.165) is 131 Å². The summed E-state index contributed by atoms with van der Waals surface area (Å²) in [5.74, 6) is 1.68. The van der Waals surface area contributed by atoms with E-state index in [1.165, 1.54) is 7.94 Å². The Hall–Kier alpha value is -12.0. The minimum Gasteiger partial charge on any atom is -0.489 e. The molecule has 2 saturated carbocycles. The average Bonchev–Trinajstić information content (AvgIpc) is 1.61. The van der Waals surface area contributed by atoms with Gasteiger partial charge in [-0.15, -0.1) is 0 Å². The van der Waals surface area contributed by atoms with Gasteiger partial charge in [0.05, 0.1) is 98.5 Å². The standard InChI is InChI=1S/C35H28N4O4S.C29H24N4O2.C25H20IN3O4S/c36-22-26-20-25(8-11-33(26)43-28-13-18-42-19-14-28)30-12-17-38-34-31(30)21-32(39(34)44(40,41)29-4-2-1-3-5-29)24-6-9-27(10-7-24)35(23-37)15-16-35;30-17-21-15-20(3-6-27(21)35-23-8-13-34-14-9-23)24-7-12-32-28-25(24)16-26(33-28)19-1-4-22(5-2-19)29(18-31)10-11-29;26-24-15-22-21(8-11-28-25(22)29(24)34(30,31)20-4-2-1-3-5-20)17-6-7-23(18(14-17)16-27)33-19-9-12-32-13-10-19/h1-12,17,20-21,28H,13-16,18-19H2;1-7,12,15-16,23H,8-11,13-14H2,(H,32,33);1-8,11,14-15,19H,9-10,12-13H2. The van der Waals surface area contributed by atoms with Crippen LogP contribution in [-0.2, 0) is 45.1 Å². The summed E-state index contributed by atoms with van der Waals surface area (Å²) in [4.78, 5) is 17.3. The molecule has 21 nitrogen and oxygen atoms in total. The first kappa shape index (κ1) is 75.0. The summed E-state index contributed by atoms with van der Waals surface area (Å²) in [7, 11) is -7.87. The molecule has 13 aromatic rings. The van der Waals surface area contributed by atoms with Crippen molar-refractivity contribution < 1.29 is 45.3 Å². The molecule has 0 amide bonds. The molecule has 7 aromatic carbocycles. The first-order valence-corrected chi connectivity index (χ1v) is 41.2. The zero-order valence-corrected chi connectivity index (χ0v) is 64.9. The number of hydrogen-bond donors (Lipinski definition) is 1. The number of nitriles is 5. The van der Waals surface area contributed by atoms with Crippen LogP contribution >= 0.6 is 22.6 Å². The number of nitrogens with zero attached hydrogens (tertiary/aromatic N) is 10. The predicted octanol–water partition coefficient (Wildman–Crippen LogP) is 17.4. The molecular formula is C89H72IN11O10S2. The maximum atomic E-state index is 14.2. The first-order chi connectivity index (χ1) is 55.1. The minimum absolute atomic E-state index is 0.0107. The van der Waals surface area contributed by atoms with Crippen molar-refractivity contribution in [2.75, 3.05) is 39.6 Å². The highest BCUT2D eigenvalue weighted by Gasteiger charge is 2.46. The van der Waals surface area contributed by atoms with Gasteiger partial charge in [0.25, 0.3) is 20.0 Å². The van der Waals surface area contributed by atoms with E-state index in [-0.39, 0.29) is 39.2 Å². The molecule has 3 saturated heterocycles. The number of fused-ring (bicyclic) bond motifs is 3. The van der Waals surface area contributed by atoms with E-state index in [2.05, 4.69) is 80.6 Å². The van der Waals surface area contributed by atoms with E-state index in [9.17, 15) is 43.1 Å². The molecule has 9 heterocycles. The fourth-order valence-electron chi connectivity index (χ4n) is 14.8. The van der Waals surface area contributed by atoms with Gasteiger partial charge in [-0.3, -0.25) is 0 Å². The van der Waals surface area contributed by atoms with Gasteiger partial charge in [0.1, 0.15) is 59.4 Å². The van der Waals surface area contributed by atoms with Crippen molar-refractivity contribution in [3.8, 4) is 103 Å². The lowest BCUT2D eigenvalue weighted by atomic mass is 9.96. The molecule has 24 heteroatoms. The van der Waals surface area contributed by atoms with Crippen LogP contribution in [-0.4, -0.2) is 103 Å². The quantitative estimate of drug-likeness (QED) is 0.0828. The molecule has 562 valence electrons. The van der Waals surface area contributed by atoms with E-state index in [1.54, 1.807) is 110 Å². The second-order valence-electron chi connectivity index (χ2n) is 28.5. The second-order valence-corrected chi connectivity index (χ2v) is 33.1. The fourth-order valence-corrected chi connectivity index (χ4v) is 19.0. The summed E-state index contributed by atoms with van der Waals surface area (Å²) in [5, 5.41) is 51.0. The van der Waals surface area contributed by atoms with Gasteiger partial charge in [-0.05, 0) is 201 Å². The van der Waals surface area contributed by atoms with Crippen LogP contribution in [0.4, 0.5) is 0 Å². The lowest BCUT2D eigenvalue weighted by molar-refractivity contribution is 0.0252. The molecule has 18 rings (SSSR count). The molecule has 5 fully saturated rings. The maximum Gasteiger partial charge on any atom is 0.270 e. The molecule has 0 bridgehead atoms. The summed E-state index contributed by atoms with van der Waals surface area (Å²) < 4.78 is 92.7. The summed E-state index contributed by atoms with van der Waals surface area (Å²) in [6, 6.07) is 72.1. The number of nitrogens with one attached hydrogen (secondary N) is 1. The van der Waals surface area contributed by atoms with E-state index in [4.69, 9.17) is 28.4 Å². The van der Waals surface area contributed by atoms with Gasteiger partial charge in [-0.25, -0.2) is 39.7 Å². The summed E-state index contributed by atoms with van der Waals surface area (Å²) >= 11 is 2.01. The first-order valence-electron chi connectivity index (χ1n) is 37.3. The van der Waals surface area contributed by atoms with Crippen LogP contribution in [0.25, 0.3) is 89.0 Å². The molecule has 0 spiro atoms. The largest absolute Gasteiger partial charge is 0.489 e. The Morgan fingerprint density at radius 2 is 0.788 bits per heavy atom. The number of halogens is 1. The van der Waals surface area contributed by atoms with Crippen molar-refractivity contribution in [2.24, 2.45) is 0 Å². The van der Waals surface area contributed by atoms with Crippen molar-refractivity contribution >= 4 is 75.7 Å². The molecule has 113 heavy (non-hydrogen) atoms. The fraction of sp³-hybridized carbons (Fsp3) is 0.236. The molecule has 6 aromatic heterocycles. The lowest BCUT2D eigenvalue weighted by Gasteiger charge is -2.24. The number of H-pyrrole nitrogens is 1. The van der Waals surface area contributed by atoms with Crippen molar-refractivity contribution in [3.05, 3.63) is 250 Å². The number of pyridine rings is 3. The summed E-state index contributed by atoms with van der Waals surface area (Å²) in [5.41, 5.74) is 12.2. The van der Waals surface area contributed by atoms with Gasteiger partial charge in [-0.1, -0.05) is 103 Å². The molecule has 5 aliphatic rings. The Morgan fingerprint density at radius 1 is 0.416 bits per heavy atom. The van der Waals surface area contributed by atoms with Gasteiger partial charge in [0.2, 0.25) is 0 Å². The van der Waals surface area contributed by atoms with E-state index >= 15 is 0 Å².